The first-order valence-electron chi connectivity index (χ1n) is 5.82. The van der Waals surface area contributed by atoms with Crippen molar-refractivity contribution in [2.24, 2.45) is 5.92 Å². The van der Waals surface area contributed by atoms with Gasteiger partial charge in [0.2, 0.25) is 0 Å². The van der Waals surface area contributed by atoms with E-state index in [1.807, 2.05) is 6.07 Å². The molecule has 1 nitrogen and oxygen atoms in total. The molecule has 0 aliphatic carbocycles. The van der Waals surface area contributed by atoms with Crippen LogP contribution in [0.4, 0.5) is 4.39 Å². The van der Waals surface area contributed by atoms with Crippen LogP contribution in [0.3, 0.4) is 0 Å². The van der Waals surface area contributed by atoms with Gasteiger partial charge in [-0.15, -0.1) is 0 Å². The molecule has 0 amide bonds. The molecule has 0 N–H and O–H groups in total. The Bertz CT molecular complexity index is 347. The first-order valence-corrected chi connectivity index (χ1v) is 6.61. The Morgan fingerprint density at radius 2 is 2.31 bits per heavy atom. The van der Waals surface area contributed by atoms with Gasteiger partial charge in [0, 0.05) is 23.1 Å². The monoisotopic (exact) mass is 285 g/mol. The molecular weight excluding hydrogens is 269 g/mol. The third-order valence-electron chi connectivity index (χ3n) is 3.18. The second-order valence-electron chi connectivity index (χ2n) is 4.68. The summed E-state index contributed by atoms with van der Waals surface area (Å²) in [6.45, 7) is 5.16. The molecule has 1 saturated heterocycles. The second-order valence-corrected chi connectivity index (χ2v) is 5.54. The molecule has 0 spiro atoms. The van der Waals surface area contributed by atoms with Gasteiger partial charge in [-0.1, -0.05) is 28.9 Å². The predicted octanol–water partition coefficient (Wildman–Crippen LogP) is 3.82. The van der Waals surface area contributed by atoms with Crippen LogP contribution >= 0.6 is 15.9 Å². The third kappa shape index (κ3) is 2.83. The Balaban J connectivity index is 2.08. The van der Waals surface area contributed by atoms with E-state index in [9.17, 15) is 4.39 Å². The molecule has 16 heavy (non-hydrogen) atoms. The summed E-state index contributed by atoms with van der Waals surface area (Å²) < 4.78 is 14.5. The summed E-state index contributed by atoms with van der Waals surface area (Å²) in [6.07, 6.45) is 2.53. The molecule has 0 bridgehead atoms. The summed E-state index contributed by atoms with van der Waals surface area (Å²) in [5.74, 6) is 0.631. The summed E-state index contributed by atoms with van der Waals surface area (Å²) in [5, 5.41) is 0. The van der Waals surface area contributed by atoms with E-state index < -0.39 is 0 Å². The molecule has 1 unspecified atom stereocenters. The van der Waals surface area contributed by atoms with Gasteiger partial charge >= 0.3 is 0 Å². The average molecular weight is 286 g/mol. The van der Waals surface area contributed by atoms with Gasteiger partial charge in [-0.3, -0.25) is 4.90 Å². The minimum absolute atomic E-state index is 0.104. The van der Waals surface area contributed by atoms with Crippen molar-refractivity contribution in [3.63, 3.8) is 0 Å². The van der Waals surface area contributed by atoms with Gasteiger partial charge in [-0.05, 0) is 37.4 Å². The smallest absolute Gasteiger partial charge is 0.128 e. The van der Waals surface area contributed by atoms with Crippen molar-refractivity contribution in [1.29, 1.82) is 0 Å². The van der Waals surface area contributed by atoms with Crippen LogP contribution in [0.15, 0.2) is 22.7 Å². The Labute approximate surface area is 105 Å². The number of hydrogen-bond acceptors (Lipinski definition) is 1. The highest BCUT2D eigenvalue weighted by Gasteiger charge is 2.18. The molecule has 1 aromatic rings. The standard InChI is InChI=1S/C13H17BrFN/c1-10-4-3-7-16(8-10)9-11-12(14)5-2-6-13(11)15/h2,5-6,10H,3-4,7-9H2,1H3. The molecular formula is C13H17BrFN. The number of benzene rings is 1. The Morgan fingerprint density at radius 3 is 3.00 bits per heavy atom. The highest BCUT2D eigenvalue weighted by Crippen LogP contribution is 2.24. The van der Waals surface area contributed by atoms with Crippen LogP contribution in [0, 0.1) is 11.7 Å². The largest absolute Gasteiger partial charge is 0.299 e. The summed E-state index contributed by atoms with van der Waals surface area (Å²) >= 11 is 3.42. The Kier molecular flexibility index (Phi) is 3.98. The molecule has 1 aliphatic rings. The van der Waals surface area contributed by atoms with Crippen LogP contribution in [-0.4, -0.2) is 18.0 Å². The molecule has 1 atom stereocenters. The van der Waals surface area contributed by atoms with Gasteiger partial charge < -0.3 is 0 Å². The molecule has 1 aromatic carbocycles. The molecule has 1 fully saturated rings. The van der Waals surface area contributed by atoms with E-state index >= 15 is 0 Å². The minimum Gasteiger partial charge on any atom is -0.299 e. The second kappa shape index (κ2) is 5.28. The normalized spacial score (nSPS) is 22.3. The van der Waals surface area contributed by atoms with Gasteiger partial charge in [0.1, 0.15) is 5.82 Å². The zero-order valence-corrected chi connectivity index (χ0v) is 11.1. The highest BCUT2D eigenvalue weighted by atomic mass is 79.9. The lowest BCUT2D eigenvalue weighted by atomic mass is 10.00. The molecule has 0 radical (unpaired) electrons. The maximum Gasteiger partial charge on any atom is 0.128 e. The van der Waals surface area contributed by atoms with Crippen LogP contribution in [0.25, 0.3) is 0 Å². The number of likely N-dealkylation sites (tertiary alicyclic amines) is 1. The average Bonchev–Trinajstić information content (AvgIpc) is 2.24. The fourth-order valence-electron chi connectivity index (χ4n) is 2.34. The molecule has 2 rings (SSSR count). The van der Waals surface area contributed by atoms with Crippen molar-refractivity contribution in [3.8, 4) is 0 Å². The zero-order chi connectivity index (χ0) is 11.5. The summed E-state index contributed by atoms with van der Waals surface area (Å²) in [6, 6.07) is 5.18. The first-order chi connectivity index (χ1) is 7.66. The number of nitrogens with zero attached hydrogens (tertiary/aromatic N) is 1. The molecule has 88 valence electrons. The molecule has 1 aliphatic heterocycles. The minimum atomic E-state index is -0.104. The van der Waals surface area contributed by atoms with E-state index in [4.69, 9.17) is 0 Å². The summed E-state index contributed by atoms with van der Waals surface area (Å²) in [4.78, 5) is 2.34. The number of halogens is 2. The van der Waals surface area contributed by atoms with E-state index in [0.717, 1.165) is 35.6 Å². The van der Waals surface area contributed by atoms with Gasteiger partial charge in [-0.2, -0.15) is 0 Å². The maximum absolute atomic E-state index is 13.6. The Hall–Kier alpha value is -0.410. The van der Waals surface area contributed by atoms with Crippen molar-refractivity contribution in [2.45, 2.75) is 26.3 Å². The number of hydrogen-bond donors (Lipinski definition) is 0. The van der Waals surface area contributed by atoms with E-state index in [0.29, 0.717) is 0 Å². The molecule has 3 heteroatoms. The lowest BCUT2D eigenvalue weighted by Crippen LogP contribution is -2.34. The maximum atomic E-state index is 13.6. The van der Waals surface area contributed by atoms with E-state index in [1.54, 1.807) is 6.07 Å². The van der Waals surface area contributed by atoms with Crippen LogP contribution < -0.4 is 0 Å². The van der Waals surface area contributed by atoms with Crippen molar-refractivity contribution in [2.75, 3.05) is 13.1 Å². The molecule has 0 saturated carbocycles. The van der Waals surface area contributed by atoms with E-state index in [-0.39, 0.29) is 5.82 Å². The molecule has 1 heterocycles. The van der Waals surface area contributed by atoms with Crippen LogP contribution in [-0.2, 0) is 6.54 Å². The van der Waals surface area contributed by atoms with Gasteiger partial charge in [0.05, 0.1) is 0 Å². The van der Waals surface area contributed by atoms with Crippen molar-refractivity contribution in [1.82, 2.24) is 4.90 Å². The van der Waals surface area contributed by atoms with Gasteiger partial charge in [0.15, 0.2) is 0 Å². The van der Waals surface area contributed by atoms with Crippen molar-refractivity contribution >= 4 is 15.9 Å². The number of piperidine rings is 1. The van der Waals surface area contributed by atoms with Gasteiger partial charge in [-0.25, -0.2) is 4.39 Å². The van der Waals surface area contributed by atoms with E-state index in [2.05, 4.69) is 27.8 Å². The van der Waals surface area contributed by atoms with Crippen LogP contribution in [0.1, 0.15) is 25.3 Å². The quantitative estimate of drug-likeness (QED) is 0.799. The van der Waals surface area contributed by atoms with Crippen molar-refractivity contribution < 1.29 is 4.39 Å². The van der Waals surface area contributed by atoms with Crippen LogP contribution in [0.5, 0.6) is 0 Å². The molecule has 0 aromatic heterocycles. The topological polar surface area (TPSA) is 3.24 Å². The first kappa shape index (κ1) is 12.1. The SMILES string of the molecule is CC1CCCN(Cc2c(F)cccc2Br)C1. The van der Waals surface area contributed by atoms with E-state index in [1.165, 1.54) is 18.9 Å². The third-order valence-corrected chi connectivity index (χ3v) is 3.93. The fourth-order valence-corrected chi connectivity index (χ4v) is 2.80. The number of rotatable bonds is 2. The lowest BCUT2D eigenvalue weighted by molar-refractivity contribution is 0.174. The lowest BCUT2D eigenvalue weighted by Gasteiger charge is -2.31. The van der Waals surface area contributed by atoms with Gasteiger partial charge in [0.25, 0.3) is 0 Å². The van der Waals surface area contributed by atoms with Crippen LogP contribution in [0.2, 0.25) is 0 Å². The predicted molar refractivity (Wildman–Crippen MR) is 67.8 cm³/mol. The van der Waals surface area contributed by atoms with Crippen molar-refractivity contribution in [3.05, 3.63) is 34.1 Å². The fraction of sp³-hybridized carbons (Fsp3) is 0.538. The Morgan fingerprint density at radius 1 is 1.50 bits per heavy atom. The summed E-state index contributed by atoms with van der Waals surface area (Å²) in [7, 11) is 0. The zero-order valence-electron chi connectivity index (χ0n) is 9.55. The summed E-state index contributed by atoms with van der Waals surface area (Å²) in [5.41, 5.74) is 0.789. The highest BCUT2D eigenvalue weighted by molar-refractivity contribution is 9.10.